The molecule has 0 amide bonds. The maximum absolute atomic E-state index is 12.0. The number of aromatic amines is 1. The second-order valence-electron chi connectivity index (χ2n) is 3.97. The number of benzene rings is 1. The lowest BCUT2D eigenvalue weighted by molar-refractivity contribution is 0.0697. The van der Waals surface area contributed by atoms with Gasteiger partial charge in [-0.15, -0.1) is 0 Å². The summed E-state index contributed by atoms with van der Waals surface area (Å²) >= 11 is 0. The number of carbonyl (C=O) groups is 1. The maximum Gasteiger partial charge on any atom is 0.337 e. The Labute approximate surface area is 114 Å². The molecule has 0 unspecified atom stereocenters. The molecule has 0 atom stereocenters. The van der Waals surface area contributed by atoms with E-state index in [4.69, 9.17) is 5.11 Å². The first-order valence-corrected chi connectivity index (χ1v) is 6.88. The van der Waals surface area contributed by atoms with Crippen molar-refractivity contribution in [1.29, 1.82) is 0 Å². The number of aryl methyl sites for hydroxylation is 1. The first kappa shape index (κ1) is 13.9. The van der Waals surface area contributed by atoms with Crippen LogP contribution in [-0.4, -0.2) is 34.6 Å². The molecular formula is C11H11N3O5S. The third-order valence-electron chi connectivity index (χ3n) is 2.45. The summed E-state index contributed by atoms with van der Waals surface area (Å²) in [6.45, 7) is 1.59. The molecule has 0 bridgehead atoms. The number of nitrogens with zero attached hydrogens (tertiary/aromatic N) is 1. The van der Waals surface area contributed by atoms with Gasteiger partial charge in [-0.3, -0.25) is 4.72 Å². The van der Waals surface area contributed by atoms with E-state index in [1.54, 1.807) is 6.92 Å². The van der Waals surface area contributed by atoms with E-state index >= 15 is 0 Å². The van der Waals surface area contributed by atoms with Gasteiger partial charge in [0.15, 0.2) is 5.03 Å². The van der Waals surface area contributed by atoms with Crippen LogP contribution in [0.15, 0.2) is 29.4 Å². The smallest absolute Gasteiger partial charge is 0.337 e. The summed E-state index contributed by atoms with van der Waals surface area (Å²) in [4.78, 5) is 17.3. The van der Waals surface area contributed by atoms with Crippen LogP contribution in [0.2, 0.25) is 0 Å². The lowest BCUT2D eigenvalue weighted by atomic mass is 10.2. The summed E-state index contributed by atoms with van der Waals surface area (Å²) in [5, 5.41) is 18.1. The molecule has 0 saturated carbocycles. The number of phenols is 1. The summed E-state index contributed by atoms with van der Waals surface area (Å²) in [5.74, 6) is -1.23. The van der Waals surface area contributed by atoms with E-state index < -0.39 is 16.0 Å². The molecule has 0 radical (unpaired) electrons. The van der Waals surface area contributed by atoms with Gasteiger partial charge in [0.2, 0.25) is 0 Å². The molecule has 8 nitrogen and oxygen atoms in total. The summed E-state index contributed by atoms with van der Waals surface area (Å²) in [7, 11) is -3.97. The number of rotatable bonds is 4. The van der Waals surface area contributed by atoms with E-state index in [9.17, 15) is 18.3 Å². The third-order valence-corrected chi connectivity index (χ3v) is 3.72. The number of H-pyrrole nitrogens is 1. The first-order valence-electron chi connectivity index (χ1n) is 5.40. The van der Waals surface area contributed by atoms with E-state index in [-0.39, 0.29) is 22.0 Å². The number of anilines is 1. The Morgan fingerprint density at radius 2 is 2.10 bits per heavy atom. The van der Waals surface area contributed by atoms with Gasteiger partial charge in [0, 0.05) is 0 Å². The van der Waals surface area contributed by atoms with Gasteiger partial charge in [0.25, 0.3) is 10.0 Å². The van der Waals surface area contributed by atoms with Crippen molar-refractivity contribution in [3.63, 3.8) is 0 Å². The second-order valence-corrected chi connectivity index (χ2v) is 5.62. The fourth-order valence-corrected chi connectivity index (χ4v) is 2.58. The molecule has 0 aliphatic carbocycles. The summed E-state index contributed by atoms with van der Waals surface area (Å²) in [6, 6.07) is 3.31. The molecule has 4 N–H and O–H groups in total. The molecule has 106 valence electrons. The molecule has 2 aromatic rings. The van der Waals surface area contributed by atoms with Crippen LogP contribution in [0.1, 0.15) is 16.2 Å². The average Bonchev–Trinajstić information content (AvgIpc) is 2.78. The SMILES string of the molecule is Cc1ncc(S(=O)(=O)Nc2ccc(O)cc2C(=O)O)[nH]1. The predicted octanol–water partition coefficient (Wildman–Crippen LogP) is 0.923. The molecular weight excluding hydrogens is 286 g/mol. The van der Waals surface area contributed by atoms with Gasteiger partial charge in [-0.05, 0) is 25.1 Å². The van der Waals surface area contributed by atoms with E-state index in [2.05, 4.69) is 14.7 Å². The van der Waals surface area contributed by atoms with Gasteiger partial charge in [-0.1, -0.05) is 0 Å². The van der Waals surface area contributed by atoms with Crippen LogP contribution in [0.5, 0.6) is 5.75 Å². The zero-order valence-corrected chi connectivity index (χ0v) is 11.1. The number of aromatic carboxylic acids is 1. The van der Waals surface area contributed by atoms with Gasteiger partial charge >= 0.3 is 5.97 Å². The second kappa shape index (κ2) is 4.85. The lowest BCUT2D eigenvalue weighted by Gasteiger charge is -2.09. The molecule has 0 aliphatic heterocycles. The number of phenolic OH excluding ortho intramolecular Hbond substituents is 1. The Bertz CT molecular complexity index is 766. The minimum atomic E-state index is -3.97. The molecule has 9 heteroatoms. The van der Waals surface area contributed by atoms with Crippen molar-refractivity contribution >= 4 is 21.7 Å². The van der Waals surface area contributed by atoms with E-state index in [0.717, 1.165) is 12.3 Å². The highest BCUT2D eigenvalue weighted by atomic mass is 32.2. The molecule has 1 heterocycles. The van der Waals surface area contributed by atoms with Crippen LogP contribution in [0.25, 0.3) is 0 Å². The maximum atomic E-state index is 12.0. The largest absolute Gasteiger partial charge is 0.508 e. The normalized spacial score (nSPS) is 11.2. The Hall–Kier alpha value is -2.55. The summed E-state index contributed by atoms with van der Waals surface area (Å²) in [5.41, 5.74) is -0.507. The minimum Gasteiger partial charge on any atom is -0.508 e. The van der Waals surface area contributed by atoms with Crippen LogP contribution in [-0.2, 0) is 10.0 Å². The molecule has 0 spiro atoms. The van der Waals surface area contributed by atoms with Crippen LogP contribution in [0.4, 0.5) is 5.69 Å². The molecule has 2 rings (SSSR count). The number of carboxylic acid groups (broad SMARTS) is 1. The van der Waals surface area contributed by atoms with Crippen molar-refractivity contribution < 1.29 is 23.4 Å². The lowest BCUT2D eigenvalue weighted by Crippen LogP contribution is -2.16. The zero-order chi connectivity index (χ0) is 14.9. The number of imidazole rings is 1. The summed E-state index contributed by atoms with van der Waals surface area (Å²) in [6.07, 6.45) is 1.12. The van der Waals surface area contributed by atoms with Crippen molar-refractivity contribution in [3.8, 4) is 5.75 Å². The quantitative estimate of drug-likeness (QED) is 0.620. The number of aromatic nitrogens is 2. The Morgan fingerprint density at radius 3 is 2.65 bits per heavy atom. The number of hydrogen-bond donors (Lipinski definition) is 4. The number of hydrogen-bond acceptors (Lipinski definition) is 5. The molecule has 0 saturated heterocycles. The monoisotopic (exact) mass is 297 g/mol. The highest BCUT2D eigenvalue weighted by Crippen LogP contribution is 2.23. The van der Waals surface area contributed by atoms with Crippen molar-refractivity contribution in [1.82, 2.24) is 9.97 Å². The Morgan fingerprint density at radius 1 is 1.40 bits per heavy atom. The van der Waals surface area contributed by atoms with Gasteiger partial charge in [-0.25, -0.2) is 9.78 Å². The van der Waals surface area contributed by atoms with E-state index in [0.29, 0.717) is 5.82 Å². The number of sulfonamides is 1. The molecule has 1 aromatic carbocycles. The fourth-order valence-electron chi connectivity index (χ4n) is 1.53. The van der Waals surface area contributed by atoms with Crippen molar-refractivity contribution in [2.75, 3.05) is 4.72 Å². The topological polar surface area (TPSA) is 132 Å². The molecule has 20 heavy (non-hydrogen) atoms. The minimum absolute atomic E-state index is 0.150. The van der Waals surface area contributed by atoms with Crippen molar-refractivity contribution in [3.05, 3.63) is 35.8 Å². The van der Waals surface area contributed by atoms with E-state index in [1.165, 1.54) is 12.1 Å². The fraction of sp³-hybridized carbons (Fsp3) is 0.0909. The predicted molar refractivity (Wildman–Crippen MR) is 69.2 cm³/mol. The van der Waals surface area contributed by atoms with Crippen molar-refractivity contribution in [2.24, 2.45) is 0 Å². The van der Waals surface area contributed by atoms with Crippen LogP contribution < -0.4 is 4.72 Å². The van der Waals surface area contributed by atoms with Gasteiger partial charge in [0.1, 0.15) is 11.6 Å². The number of nitrogens with one attached hydrogen (secondary N) is 2. The Kier molecular flexibility index (Phi) is 3.36. The highest BCUT2D eigenvalue weighted by molar-refractivity contribution is 7.92. The number of aromatic hydroxyl groups is 1. The zero-order valence-electron chi connectivity index (χ0n) is 10.3. The van der Waals surface area contributed by atoms with Crippen LogP contribution >= 0.6 is 0 Å². The van der Waals surface area contributed by atoms with Gasteiger partial charge in [-0.2, -0.15) is 8.42 Å². The molecule has 0 fully saturated rings. The number of carboxylic acids is 1. The molecule has 0 aliphatic rings. The summed E-state index contributed by atoms with van der Waals surface area (Å²) < 4.78 is 26.2. The first-order chi connectivity index (χ1) is 9.29. The van der Waals surface area contributed by atoms with Gasteiger partial charge < -0.3 is 15.2 Å². The highest BCUT2D eigenvalue weighted by Gasteiger charge is 2.20. The van der Waals surface area contributed by atoms with Crippen molar-refractivity contribution in [2.45, 2.75) is 11.9 Å². The van der Waals surface area contributed by atoms with Gasteiger partial charge in [0.05, 0.1) is 17.4 Å². The average molecular weight is 297 g/mol. The molecule has 1 aromatic heterocycles. The standard InChI is InChI=1S/C11H11N3O5S/c1-6-12-5-10(13-6)20(18,19)14-9-3-2-7(15)4-8(9)11(16)17/h2-5,14-15H,1H3,(H,12,13)(H,16,17). The van der Waals surface area contributed by atoms with Crippen LogP contribution in [0, 0.1) is 6.92 Å². The van der Waals surface area contributed by atoms with Crippen LogP contribution in [0.3, 0.4) is 0 Å². The van der Waals surface area contributed by atoms with E-state index in [1.807, 2.05) is 0 Å². The Balaban J connectivity index is 2.42. The third kappa shape index (κ3) is 2.72.